The minimum Gasteiger partial charge on any atom is -0.359 e. The maximum absolute atomic E-state index is 5.04. The molecule has 3 aliphatic rings. The van der Waals surface area contributed by atoms with E-state index in [0.717, 1.165) is 6.04 Å². The molecule has 1 N–H and O–H groups in total. The standard InChI is InChI=1S/C14H25N3S/c1-3-14(4-2)10-18-13(16-14)15-11-7-9-17-8-5-6-12(11)17/h11-12H,3-10H2,1-2H3,(H,15,16). The molecule has 18 heavy (non-hydrogen) atoms. The lowest BCUT2D eigenvalue weighted by atomic mass is 9.96. The zero-order valence-corrected chi connectivity index (χ0v) is 12.4. The van der Waals surface area contributed by atoms with Crippen molar-refractivity contribution in [3.8, 4) is 0 Å². The molecule has 0 saturated carbocycles. The van der Waals surface area contributed by atoms with E-state index in [1.54, 1.807) is 0 Å². The summed E-state index contributed by atoms with van der Waals surface area (Å²) in [4.78, 5) is 7.68. The summed E-state index contributed by atoms with van der Waals surface area (Å²) in [6.45, 7) is 7.15. The molecular weight excluding hydrogens is 242 g/mol. The highest BCUT2D eigenvalue weighted by atomic mass is 32.2. The summed E-state index contributed by atoms with van der Waals surface area (Å²) < 4.78 is 0. The predicted octanol–water partition coefficient (Wildman–Crippen LogP) is 2.47. The molecule has 3 saturated heterocycles. The van der Waals surface area contributed by atoms with Gasteiger partial charge in [-0.05, 0) is 38.6 Å². The van der Waals surface area contributed by atoms with Crippen molar-refractivity contribution >= 4 is 16.9 Å². The Balaban J connectivity index is 1.67. The SMILES string of the molecule is CCC1(CC)CSC(=NC2CCN3CCCC23)N1. The molecule has 0 aromatic heterocycles. The Hall–Kier alpha value is -0.220. The molecule has 0 radical (unpaired) electrons. The first kappa shape index (κ1) is 12.8. The maximum Gasteiger partial charge on any atom is 0.157 e. The van der Waals surface area contributed by atoms with Crippen molar-refractivity contribution in [2.24, 2.45) is 4.99 Å². The second kappa shape index (κ2) is 5.04. The van der Waals surface area contributed by atoms with E-state index in [2.05, 4.69) is 24.1 Å². The van der Waals surface area contributed by atoms with Crippen molar-refractivity contribution in [1.29, 1.82) is 0 Å². The molecule has 3 aliphatic heterocycles. The highest BCUT2D eigenvalue weighted by Crippen LogP contribution is 2.33. The molecule has 0 spiro atoms. The van der Waals surface area contributed by atoms with Crippen molar-refractivity contribution in [2.75, 3.05) is 18.8 Å². The Morgan fingerprint density at radius 1 is 1.33 bits per heavy atom. The van der Waals surface area contributed by atoms with Crippen LogP contribution in [0.25, 0.3) is 0 Å². The number of aliphatic imine (C=N–C) groups is 1. The first-order valence-electron chi connectivity index (χ1n) is 7.49. The lowest BCUT2D eigenvalue weighted by Crippen LogP contribution is -2.42. The molecule has 3 rings (SSSR count). The van der Waals surface area contributed by atoms with Gasteiger partial charge in [0.2, 0.25) is 0 Å². The summed E-state index contributed by atoms with van der Waals surface area (Å²) >= 11 is 1.94. The van der Waals surface area contributed by atoms with Crippen LogP contribution in [0.3, 0.4) is 0 Å². The van der Waals surface area contributed by atoms with E-state index >= 15 is 0 Å². The monoisotopic (exact) mass is 267 g/mol. The Morgan fingerprint density at radius 3 is 2.89 bits per heavy atom. The van der Waals surface area contributed by atoms with E-state index in [4.69, 9.17) is 4.99 Å². The van der Waals surface area contributed by atoms with E-state index in [-0.39, 0.29) is 0 Å². The Bertz CT molecular complexity index is 338. The van der Waals surface area contributed by atoms with E-state index in [1.807, 2.05) is 11.8 Å². The lowest BCUT2D eigenvalue weighted by Gasteiger charge is -2.25. The van der Waals surface area contributed by atoms with Crippen LogP contribution < -0.4 is 5.32 Å². The molecule has 0 aliphatic carbocycles. The van der Waals surface area contributed by atoms with E-state index in [0.29, 0.717) is 11.6 Å². The Morgan fingerprint density at radius 2 is 2.17 bits per heavy atom. The minimum atomic E-state index is 0.317. The fourth-order valence-corrected chi connectivity index (χ4v) is 4.95. The molecular formula is C14H25N3S. The summed E-state index contributed by atoms with van der Waals surface area (Å²) in [6, 6.07) is 1.31. The summed E-state index contributed by atoms with van der Waals surface area (Å²) in [5.74, 6) is 1.19. The van der Waals surface area contributed by atoms with Crippen molar-refractivity contribution in [3.05, 3.63) is 0 Å². The number of fused-ring (bicyclic) bond motifs is 1. The number of hydrogen-bond donors (Lipinski definition) is 1. The van der Waals surface area contributed by atoms with E-state index in [1.165, 1.54) is 56.1 Å². The van der Waals surface area contributed by atoms with Gasteiger partial charge in [0.1, 0.15) is 0 Å². The normalized spacial score (nSPS) is 37.1. The first-order chi connectivity index (χ1) is 8.76. The Labute approximate surface area is 115 Å². The molecule has 2 unspecified atom stereocenters. The van der Waals surface area contributed by atoms with Crippen LogP contribution in [0.2, 0.25) is 0 Å². The highest BCUT2D eigenvalue weighted by Gasteiger charge is 2.39. The van der Waals surface area contributed by atoms with E-state index in [9.17, 15) is 0 Å². The van der Waals surface area contributed by atoms with Gasteiger partial charge < -0.3 is 5.32 Å². The second-order valence-corrected chi connectivity index (χ2v) is 6.90. The number of amidine groups is 1. The highest BCUT2D eigenvalue weighted by molar-refractivity contribution is 8.14. The molecule has 0 aromatic rings. The maximum atomic E-state index is 5.04. The van der Waals surface area contributed by atoms with Gasteiger partial charge in [-0.1, -0.05) is 25.6 Å². The fourth-order valence-electron chi connectivity index (χ4n) is 3.56. The summed E-state index contributed by atoms with van der Waals surface area (Å²) in [5, 5.41) is 4.92. The van der Waals surface area contributed by atoms with Gasteiger partial charge in [0.05, 0.1) is 6.04 Å². The van der Waals surface area contributed by atoms with Gasteiger partial charge in [-0.15, -0.1) is 0 Å². The van der Waals surface area contributed by atoms with Gasteiger partial charge in [0, 0.05) is 23.9 Å². The number of nitrogens with zero attached hydrogens (tertiary/aromatic N) is 2. The molecule has 0 amide bonds. The van der Waals surface area contributed by atoms with Gasteiger partial charge in [-0.2, -0.15) is 0 Å². The average molecular weight is 267 g/mol. The third kappa shape index (κ3) is 2.18. The number of hydrogen-bond acceptors (Lipinski definition) is 3. The molecule has 0 bridgehead atoms. The summed E-state index contributed by atoms with van der Waals surface area (Å²) in [5.41, 5.74) is 0.317. The molecule has 3 nitrogen and oxygen atoms in total. The summed E-state index contributed by atoms with van der Waals surface area (Å²) in [7, 11) is 0. The van der Waals surface area contributed by atoms with Crippen molar-refractivity contribution < 1.29 is 0 Å². The van der Waals surface area contributed by atoms with Gasteiger partial charge in [0.25, 0.3) is 0 Å². The molecule has 2 atom stereocenters. The minimum absolute atomic E-state index is 0.317. The quantitative estimate of drug-likeness (QED) is 0.851. The molecule has 102 valence electrons. The number of thioether (sulfide) groups is 1. The van der Waals surface area contributed by atoms with Crippen LogP contribution in [0.15, 0.2) is 4.99 Å². The van der Waals surface area contributed by atoms with Crippen LogP contribution in [-0.2, 0) is 0 Å². The zero-order chi connectivity index (χ0) is 12.6. The third-order valence-corrected chi connectivity index (χ3v) is 6.24. The molecule has 4 heteroatoms. The topological polar surface area (TPSA) is 27.6 Å². The van der Waals surface area contributed by atoms with Crippen molar-refractivity contribution in [1.82, 2.24) is 10.2 Å². The third-order valence-electron chi connectivity index (χ3n) is 5.06. The zero-order valence-electron chi connectivity index (χ0n) is 11.6. The number of rotatable bonds is 3. The van der Waals surface area contributed by atoms with Gasteiger partial charge in [-0.25, -0.2) is 0 Å². The van der Waals surface area contributed by atoms with Crippen LogP contribution in [0.4, 0.5) is 0 Å². The van der Waals surface area contributed by atoms with Gasteiger partial charge >= 0.3 is 0 Å². The van der Waals surface area contributed by atoms with Gasteiger partial charge in [0.15, 0.2) is 5.17 Å². The lowest BCUT2D eigenvalue weighted by molar-refractivity contribution is 0.314. The molecule has 3 heterocycles. The van der Waals surface area contributed by atoms with Crippen LogP contribution in [0.5, 0.6) is 0 Å². The summed E-state index contributed by atoms with van der Waals surface area (Å²) in [6.07, 6.45) is 6.41. The van der Waals surface area contributed by atoms with Crippen LogP contribution in [0, 0.1) is 0 Å². The van der Waals surface area contributed by atoms with Gasteiger partial charge in [-0.3, -0.25) is 9.89 Å². The molecule has 3 fully saturated rings. The smallest absolute Gasteiger partial charge is 0.157 e. The largest absolute Gasteiger partial charge is 0.359 e. The molecule has 0 aromatic carbocycles. The first-order valence-corrected chi connectivity index (χ1v) is 8.48. The average Bonchev–Trinajstić information content (AvgIpc) is 3.07. The fraction of sp³-hybridized carbons (Fsp3) is 0.929. The van der Waals surface area contributed by atoms with Crippen LogP contribution in [0.1, 0.15) is 46.0 Å². The van der Waals surface area contributed by atoms with Crippen LogP contribution >= 0.6 is 11.8 Å². The number of nitrogens with one attached hydrogen (secondary N) is 1. The second-order valence-electron chi connectivity index (χ2n) is 5.94. The van der Waals surface area contributed by atoms with E-state index < -0.39 is 0 Å². The Kier molecular flexibility index (Phi) is 3.59. The van der Waals surface area contributed by atoms with Crippen molar-refractivity contribution in [2.45, 2.75) is 63.6 Å². The van der Waals surface area contributed by atoms with Crippen molar-refractivity contribution in [3.63, 3.8) is 0 Å². The van der Waals surface area contributed by atoms with Crippen LogP contribution in [-0.4, -0.2) is 46.5 Å². The predicted molar refractivity (Wildman–Crippen MR) is 79.3 cm³/mol.